The van der Waals surface area contributed by atoms with Crippen molar-refractivity contribution in [1.29, 1.82) is 0 Å². The zero-order chi connectivity index (χ0) is 13.6. The van der Waals surface area contributed by atoms with Gasteiger partial charge in [0, 0.05) is 6.07 Å². The minimum atomic E-state index is -0.412. The van der Waals surface area contributed by atoms with Gasteiger partial charge in [0.15, 0.2) is 5.78 Å². The molecule has 1 aromatic carbocycles. The molecule has 1 aliphatic carbocycles. The third-order valence-corrected chi connectivity index (χ3v) is 4.73. The summed E-state index contributed by atoms with van der Waals surface area (Å²) < 4.78 is 19.5. The van der Waals surface area contributed by atoms with Crippen LogP contribution in [0.3, 0.4) is 0 Å². The summed E-state index contributed by atoms with van der Waals surface area (Å²) in [5, 5.41) is 0. The predicted octanol–water partition coefficient (Wildman–Crippen LogP) is 3.99. The van der Waals surface area contributed by atoms with Gasteiger partial charge in [-0.05, 0) is 43.2 Å². The van der Waals surface area contributed by atoms with Crippen molar-refractivity contribution in [3.05, 3.63) is 29.6 Å². The lowest BCUT2D eigenvalue weighted by Gasteiger charge is -2.46. The Morgan fingerprint density at radius 2 is 2.16 bits per heavy atom. The SMILES string of the molecule is CC1CCC2(CC(=O)c3ccc(F)cc3O2)C(C)C1. The van der Waals surface area contributed by atoms with E-state index in [0.29, 0.717) is 29.6 Å². The van der Waals surface area contributed by atoms with Crippen LogP contribution in [0.25, 0.3) is 0 Å². The van der Waals surface area contributed by atoms with Crippen LogP contribution in [-0.4, -0.2) is 11.4 Å². The van der Waals surface area contributed by atoms with Crippen molar-refractivity contribution in [3.8, 4) is 5.75 Å². The van der Waals surface area contributed by atoms with E-state index in [1.165, 1.54) is 18.2 Å². The largest absolute Gasteiger partial charge is 0.486 e. The van der Waals surface area contributed by atoms with Crippen molar-refractivity contribution in [2.75, 3.05) is 0 Å². The van der Waals surface area contributed by atoms with E-state index in [2.05, 4.69) is 13.8 Å². The minimum Gasteiger partial charge on any atom is -0.486 e. The van der Waals surface area contributed by atoms with Gasteiger partial charge in [-0.25, -0.2) is 4.39 Å². The molecule has 3 rings (SSSR count). The molecule has 2 nitrogen and oxygen atoms in total. The number of fused-ring (bicyclic) bond motifs is 1. The fourth-order valence-electron chi connectivity index (χ4n) is 3.52. The molecule has 0 aromatic heterocycles. The quantitative estimate of drug-likeness (QED) is 0.706. The zero-order valence-corrected chi connectivity index (χ0v) is 11.4. The highest BCUT2D eigenvalue weighted by Crippen LogP contribution is 2.46. The molecule has 3 heteroatoms. The number of benzene rings is 1. The van der Waals surface area contributed by atoms with Crippen LogP contribution in [-0.2, 0) is 0 Å². The smallest absolute Gasteiger partial charge is 0.170 e. The molecule has 102 valence electrons. The highest BCUT2D eigenvalue weighted by molar-refractivity contribution is 6.00. The van der Waals surface area contributed by atoms with E-state index in [1.807, 2.05) is 0 Å². The number of carbonyl (C=O) groups is 1. The minimum absolute atomic E-state index is 0.0858. The first kappa shape index (κ1) is 12.6. The molecule has 1 aliphatic heterocycles. The maximum Gasteiger partial charge on any atom is 0.170 e. The van der Waals surface area contributed by atoms with E-state index in [4.69, 9.17) is 4.74 Å². The Hall–Kier alpha value is -1.38. The van der Waals surface area contributed by atoms with E-state index >= 15 is 0 Å². The third kappa shape index (κ3) is 2.05. The van der Waals surface area contributed by atoms with Gasteiger partial charge in [-0.1, -0.05) is 13.8 Å². The Bertz CT molecular complexity index is 525. The maximum atomic E-state index is 13.3. The molecule has 1 spiro atoms. The van der Waals surface area contributed by atoms with Gasteiger partial charge in [0.1, 0.15) is 17.2 Å². The molecular weight excluding hydrogens is 243 g/mol. The normalized spacial score (nSPS) is 33.9. The van der Waals surface area contributed by atoms with Crippen molar-refractivity contribution in [1.82, 2.24) is 0 Å². The highest BCUT2D eigenvalue weighted by atomic mass is 19.1. The van der Waals surface area contributed by atoms with E-state index in [-0.39, 0.29) is 11.6 Å². The lowest BCUT2D eigenvalue weighted by molar-refractivity contribution is -0.0373. The Morgan fingerprint density at radius 3 is 2.89 bits per heavy atom. The van der Waals surface area contributed by atoms with Crippen molar-refractivity contribution < 1.29 is 13.9 Å². The first-order valence-electron chi connectivity index (χ1n) is 7.02. The number of ketones is 1. The van der Waals surface area contributed by atoms with Gasteiger partial charge in [0.2, 0.25) is 0 Å². The van der Waals surface area contributed by atoms with E-state index in [9.17, 15) is 9.18 Å². The van der Waals surface area contributed by atoms with Crippen LogP contribution in [0.4, 0.5) is 4.39 Å². The molecule has 0 saturated heterocycles. The van der Waals surface area contributed by atoms with Crippen LogP contribution >= 0.6 is 0 Å². The predicted molar refractivity (Wildman–Crippen MR) is 70.9 cm³/mol. The van der Waals surface area contributed by atoms with Gasteiger partial charge < -0.3 is 4.74 Å². The number of ether oxygens (including phenoxy) is 1. The molecule has 0 N–H and O–H groups in total. The second kappa shape index (κ2) is 4.32. The molecule has 3 unspecified atom stereocenters. The van der Waals surface area contributed by atoms with Crippen LogP contribution in [0.5, 0.6) is 5.75 Å². The summed E-state index contributed by atoms with van der Waals surface area (Å²) in [6.07, 6.45) is 3.46. The van der Waals surface area contributed by atoms with E-state index in [1.54, 1.807) is 0 Å². The summed E-state index contributed by atoms with van der Waals surface area (Å²) in [5.74, 6) is 1.17. The molecule has 3 atom stereocenters. The lowest BCUT2D eigenvalue weighted by Crippen LogP contribution is -2.50. The highest BCUT2D eigenvalue weighted by Gasteiger charge is 2.47. The molecular formula is C16H19FO2. The van der Waals surface area contributed by atoms with Gasteiger partial charge >= 0.3 is 0 Å². The Morgan fingerprint density at radius 1 is 1.37 bits per heavy atom. The number of hydrogen-bond acceptors (Lipinski definition) is 2. The maximum absolute atomic E-state index is 13.3. The number of rotatable bonds is 0. The molecule has 19 heavy (non-hydrogen) atoms. The molecule has 0 bridgehead atoms. The standard InChI is InChI=1S/C16H19FO2/c1-10-5-6-16(11(2)7-10)9-14(18)13-4-3-12(17)8-15(13)19-16/h3-4,8,10-11H,5-7,9H2,1-2H3. The third-order valence-electron chi connectivity index (χ3n) is 4.73. The van der Waals surface area contributed by atoms with Gasteiger partial charge in [0.25, 0.3) is 0 Å². The summed E-state index contributed by atoms with van der Waals surface area (Å²) in [6, 6.07) is 4.21. The van der Waals surface area contributed by atoms with Crippen LogP contribution < -0.4 is 4.74 Å². The summed E-state index contributed by atoms with van der Waals surface area (Å²) in [5.41, 5.74) is 0.113. The van der Waals surface area contributed by atoms with E-state index < -0.39 is 5.60 Å². The fourth-order valence-corrected chi connectivity index (χ4v) is 3.52. The van der Waals surface area contributed by atoms with Crippen LogP contribution in [0.1, 0.15) is 49.9 Å². The summed E-state index contributed by atoms with van der Waals surface area (Å²) in [4.78, 5) is 12.3. The van der Waals surface area contributed by atoms with Gasteiger partial charge in [-0.3, -0.25) is 4.79 Å². The zero-order valence-electron chi connectivity index (χ0n) is 11.4. The molecule has 0 radical (unpaired) electrons. The topological polar surface area (TPSA) is 26.3 Å². The number of halogens is 1. The Balaban J connectivity index is 1.98. The first-order chi connectivity index (χ1) is 9.00. The Labute approximate surface area is 113 Å². The van der Waals surface area contributed by atoms with Gasteiger partial charge in [0.05, 0.1) is 12.0 Å². The van der Waals surface area contributed by atoms with Gasteiger partial charge in [-0.15, -0.1) is 0 Å². The van der Waals surface area contributed by atoms with Crippen molar-refractivity contribution in [2.24, 2.45) is 11.8 Å². The van der Waals surface area contributed by atoms with Crippen LogP contribution in [0.2, 0.25) is 0 Å². The monoisotopic (exact) mass is 262 g/mol. The number of hydrogen-bond donors (Lipinski definition) is 0. The average molecular weight is 262 g/mol. The van der Waals surface area contributed by atoms with Crippen molar-refractivity contribution >= 4 is 5.78 Å². The van der Waals surface area contributed by atoms with Crippen LogP contribution in [0, 0.1) is 17.7 Å². The van der Waals surface area contributed by atoms with Crippen LogP contribution in [0.15, 0.2) is 18.2 Å². The first-order valence-corrected chi connectivity index (χ1v) is 7.02. The molecule has 1 saturated carbocycles. The average Bonchev–Trinajstić information content (AvgIpc) is 2.34. The Kier molecular flexibility index (Phi) is 2.88. The summed E-state index contributed by atoms with van der Waals surface area (Å²) in [6.45, 7) is 4.38. The van der Waals surface area contributed by atoms with Crippen molar-refractivity contribution in [3.63, 3.8) is 0 Å². The molecule has 0 amide bonds. The molecule has 1 heterocycles. The summed E-state index contributed by atoms with van der Waals surface area (Å²) in [7, 11) is 0. The second-order valence-corrected chi connectivity index (χ2v) is 6.19. The van der Waals surface area contributed by atoms with E-state index in [0.717, 1.165) is 19.3 Å². The molecule has 1 aromatic rings. The van der Waals surface area contributed by atoms with Gasteiger partial charge in [-0.2, -0.15) is 0 Å². The molecule has 1 fully saturated rings. The number of Topliss-reactive ketones (excluding diaryl/α,β-unsaturated/α-hetero) is 1. The second-order valence-electron chi connectivity index (χ2n) is 6.19. The number of carbonyl (C=O) groups excluding carboxylic acids is 1. The molecule has 2 aliphatic rings. The van der Waals surface area contributed by atoms with Crippen molar-refractivity contribution in [2.45, 2.75) is 45.1 Å². The fraction of sp³-hybridized carbons (Fsp3) is 0.562. The lowest BCUT2D eigenvalue weighted by atomic mass is 9.68. The summed E-state index contributed by atoms with van der Waals surface area (Å²) >= 11 is 0.